The number of pyridine rings is 1. The Morgan fingerprint density at radius 2 is 2.00 bits per heavy atom. The molecule has 0 radical (unpaired) electrons. The van der Waals surface area contributed by atoms with Crippen molar-refractivity contribution in [3.63, 3.8) is 0 Å². The van der Waals surface area contributed by atoms with Gasteiger partial charge < -0.3 is 10.5 Å². The number of aliphatic imine (C=N–C) groups is 1. The van der Waals surface area contributed by atoms with Crippen molar-refractivity contribution in [2.75, 3.05) is 13.2 Å². The van der Waals surface area contributed by atoms with Crippen molar-refractivity contribution in [1.82, 2.24) is 4.98 Å². The Labute approximate surface area is 165 Å². The molecule has 1 aliphatic rings. The maximum absolute atomic E-state index is 6.23. The number of hydrogen-bond donors (Lipinski definition) is 1. The summed E-state index contributed by atoms with van der Waals surface area (Å²) in [4.78, 5) is 10.5. The Kier molecular flexibility index (Phi) is 6.65. The molecule has 0 aliphatic carbocycles. The summed E-state index contributed by atoms with van der Waals surface area (Å²) >= 11 is 1.75. The van der Waals surface area contributed by atoms with E-state index in [2.05, 4.69) is 41.3 Å². The number of hydrogen-bond acceptors (Lipinski definition) is 5. The first kappa shape index (κ1) is 19.6. The average Bonchev–Trinajstić information content (AvgIpc) is 3.14. The number of ether oxygens (including phenoxy) is 1. The first-order valence-electron chi connectivity index (χ1n) is 9.50. The third-order valence-corrected chi connectivity index (χ3v) is 5.97. The van der Waals surface area contributed by atoms with E-state index in [-0.39, 0.29) is 5.54 Å². The van der Waals surface area contributed by atoms with E-state index in [0.717, 1.165) is 67.8 Å². The molecule has 0 saturated carbocycles. The molecule has 4 nitrogen and oxygen atoms in total. The van der Waals surface area contributed by atoms with Gasteiger partial charge in [-0.3, -0.25) is 9.98 Å². The fraction of sp³-hybridized carbons (Fsp3) is 0.455. The number of rotatable bonds is 2. The van der Waals surface area contributed by atoms with Gasteiger partial charge in [0, 0.05) is 48.0 Å². The standard InChI is InChI=1S/C22H27N3OS/c1-3-7-17-12-18(15-24-14-17)19-13-20(27-16-19)22(2)9-4-5-10-26-11-6-8-21(23)25-22/h12-16H,4-6,8-11H2,1-2H3,(H2,23,25). The summed E-state index contributed by atoms with van der Waals surface area (Å²) in [6.45, 7) is 5.62. The zero-order valence-corrected chi connectivity index (χ0v) is 16.9. The minimum absolute atomic E-state index is 0.286. The highest BCUT2D eigenvalue weighted by Gasteiger charge is 2.28. The lowest BCUT2D eigenvalue weighted by Gasteiger charge is -2.25. The van der Waals surface area contributed by atoms with Crippen LogP contribution in [0.1, 0.15) is 56.4 Å². The molecule has 0 saturated heterocycles. The maximum Gasteiger partial charge on any atom is 0.0949 e. The van der Waals surface area contributed by atoms with Crippen LogP contribution in [0.15, 0.2) is 34.9 Å². The van der Waals surface area contributed by atoms with Crippen LogP contribution in [0.25, 0.3) is 11.1 Å². The van der Waals surface area contributed by atoms with Crippen molar-refractivity contribution < 1.29 is 4.74 Å². The zero-order chi connectivity index (χ0) is 19.1. The van der Waals surface area contributed by atoms with Crippen LogP contribution in [-0.4, -0.2) is 24.0 Å². The highest BCUT2D eigenvalue weighted by atomic mass is 32.1. The molecule has 1 aliphatic heterocycles. The molecular formula is C22H27N3OS. The van der Waals surface area contributed by atoms with Crippen LogP contribution in [0.4, 0.5) is 0 Å². The lowest BCUT2D eigenvalue weighted by Crippen LogP contribution is -2.24. The van der Waals surface area contributed by atoms with Crippen molar-refractivity contribution in [3.8, 4) is 23.0 Å². The van der Waals surface area contributed by atoms with E-state index in [9.17, 15) is 0 Å². The summed E-state index contributed by atoms with van der Waals surface area (Å²) < 4.78 is 5.65. The molecule has 0 amide bonds. The number of amidine groups is 1. The minimum Gasteiger partial charge on any atom is -0.387 e. The molecule has 1 unspecified atom stereocenters. The molecule has 5 heteroatoms. The molecule has 2 N–H and O–H groups in total. The normalized spacial score (nSPS) is 21.5. The summed E-state index contributed by atoms with van der Waals surface area (Å²) in [6.07, 6.45) is 8.51. The monoisotopic (exact) mass is 381 g/mol. The van der Waals surface area contributed by atoms with Crippen molar-refractivity contribution in [2.45, 2.75) is 51.5 Å². The smallest absolute Gasteiger partial charge is 0.0949 e. The van der Waals surface area contributed by atoms with Gasteiger partial charge in [0.1, 0.15) is 0 Å². The molecule has 2 aromatic rings. The second kappa shape index (κ2) is 9.16. The molecule has 3 rings (SSSR count). The van der Waals surface area contributed by atoms with Crippen LogP contribution in [0.2, 0.25) is 0 Å². The van der Waals surface area contributed by atoms with Crippen LogP contribution in [0.5, 0.6) is 0 Å². The van der Waals surface area contributed by atoms with Gasteiger partial charge in [-0.25, -0.2) is 0 Å². The van der Waals surface area contributed by atoms with E-state index >= 15 is 0 Å². The van der Waals surface area contributed by atoms with Gasteiger partial charge in [-0.05, 0) is 62.6 Å². The fourth-order valence-corrected chi connectivity index (χ4v) is 4.37. The van der Waals surface area contributed by atoms with Gasteiger partial charge in [0.2, 0.25) is 0 Å². The van der Waals surface area contributed by atoms with E-state index in [1.54, 1.807) is 17.5 Å². The van der Waals surface area contributed by atoms with Crippen molar-refractivity contribution >= 4 is 17.2 Å². The van der Waals surface area contributed by atoms with Gasteiger partial charge >= 0.3 is 0 Å². The largest absolute Gasteiger partial charge is 0.387 e. The number of thiophene rings is 1. The van der Waals surface area contributed by atoms with Gasteiger partial charge in [0.05, 0.1) is 11.4 Å². The molecule has 2 aromatic heterocycles. The predicted octanol–water partition coefficient (Wildman–Crippen LogP) is 4.73. The first-order valence-corrected chi connectivity index (χ1v) is 10.4. The fourth-order valence-electron chi connectivity index (χ4n) is 3.32. The van der Waals surface area contributed by atoms with Gasteiger partial charge in [-0.2, -0.15) is 0 Å². The Bertz CT molecular complexity index is 862. The second-order valence-electron chi connectivity index (χ2n) is 7.09. The third kappa shape index (κ3) is 5.18. The molecule has 0 bridgehead atoms. The highest BCUT2D eigenvalue weighted by Crippen LogP contribution is 2.38. The third-order valence-electron chi connectivity index (χ3n) is 4.79. The number of nitrogens with two attached hydrogens (primary N) is 1. The quantitative estimate of drug-likeness (QED) is 0.765. The summed E-state index contributed by atoms with van der Waals surface area (Å²) in [5.74, 6) is 6.73. The number of aromatic nitrogens is 1. The molecular weight excluding hydrogens is 354 g/mol. The lowest BCUT2D eigenvalue weighted by atomic mass is 9.92. The molecule has 142 valence electrons. The molecule has 1 atom stereocenters. The Morgan fingerprint density at radius 3 is 2.85 bits per heavy atom. The van der Waals surface area contributed by atoms with Crippen molar-refractivity contribution in [1.29, 1.82) is 0 Å². The minimum atomic E-state index is -0.286. The van der Waals surface area contributed by atoms with Gasteiger partial charge in [0.25, 0.3) is 0 Å². The predicted molar refractivity (Wildman–Crippen MR) is 113 cm³/mol. The van der Waals surface area contributed by atoms with Crippen LogP contribution >= 0.6 is 11.3 Å². The van der Waals surface area contributed by atoms with E-state index in [1.165, 1.54) is 4.88 Å². The lowest BCUT2D eigenvalue weighted by molar-refractivity contribution is 0.128. The van der Waals surface area contributed by atoms with Crippen LogP contribution in [-0.2, 0) is 10.3 Å². The molecule has 0 aromatic carbocycles. The molecule has 3 heterocycles. The van der Waals surface area contributed by atoms with Crippen molar-refractivity contribution in [2.24, 2.45) is 10.7 Å². The van der Waals surface area contributed by atoms with Crippen molar-refractivity contribution in [3.05, 3.63) is 40.3 Å². The topological polar surface area (TPSA) is 60.5 Å². The zero-order valence-electron chi connectivity index (χ0n) is 16.1. The Hall–Kier alpha value is -2.16. The SMILES string of the molecule is CC#Cc1cncc(-c2csc(C3(C)CCCCOCCCC(N)=N3)c2)c1. The van der Waals surface area contributed by atoms with Crippen LogP contribution < -0.4 is 5.73 Å². The average molecular weight is 382 g/mol. The first-order chi connectivity index (χ1) is 13.1. The van der Waals surface area contributed by atoms with Crippen LogP contribution in [0.3, 0.4) is 0 Å². The van der Waals surface area contributed by atoms with E-state index in [0.29, 0.717) is 0 Å². The van der Waals surface area contributed by atoms with Gasteiger partial charge in [-0.1, -0.05) is 5.92 Å². The van der Waals surface area contributed by atoms with Gasteiger partial charge in [-0.15, -0.1) is 17.3 Å². The van der Waals surface area contributed by atoms with Crippen LogP contribution in [0, 0.1) is 11.8 Å². The molecule has 0 fully saturated rings. The van der Waals surface area contributed by atoms with E-state index in [1.807, 2.05) is 13.1 Å². The van der Waals surface area contributed by atoms with E-state index in [4.69, 9.17) is 15.5 Å². The molecule has 27 heavy (non-hydrogen) atoms. The summed E-state index contributed by atoms with van der Waals surface area (Å²) in [5.41, 5.74) is 9.13. The summed E-state index contributed by atoms with van der Waals surface area (Å²) in [7, 11) is 0. The summed E-state index contributed by atoms with van der Waals surface area (Å²) in [5, 5.41) is 2.18. The number of nitrogens with zero attached hydrogens (tertiary/aromatic N) is 2. The Morgan fingerprint density at radius 1 is 1.15 bits per heavy atom. The van der Waals surface area contributed by atoms with E-state index < -0.39 is 0 Å². The summed E-state index contributed by atoms with van der Waals surface area (Å²) in [6, 6.07) is 4.32. The highest BCUT2D eigenvalue weighted by molar-refractivity contribution is 7.10. The van der Waals surface area contributed by atoms with Gasteiger partial charge in [0.15, 0.2) is 0 Å². The molecule has 0 spiro atoms. The maximum atomic E-state index is 6.23. The Balaban J connectivity index is 1.90. The second-order valence-corrected chi connectivity index (χ2v) is 8.00.